The van der Waals surface area contributed by atoms with E-state index in [2.05, 4.69) is 52.4 Å². The molecule has 0 aliphatic heterocycles. The van der Waals surface area contributed by atoms with Crippen molar-refractivity contribution in [3.8, 4) is 18.0 Å². The van der Waals surface area contributed by atoms with E-state index < -0.39 is 6.04 Å². The van der Waals surface area contributed by atoms with Crippen molar-refractivity contribution in [1.29, 1.82) is 10.5 Å². The van der Waals surface area contributed by atoms with Crippen molar-refractivity contribution in [3.63, 3.8) is 0 Å². The molecule has 1 atom stereocenters. The Bertz CT molecular complexity index is 2060. The van der Waals surface area contributed by atoms with Crippen LogP contribution < -0.4 is 16.0 Å². The fourth-order valence-electron chi connectivity index (χ4n) is 5.14. The third kappa shape index (κ3) is 7.36. The summed E-state index contributed by atoms with van der Waals surface area (Å²) in [5, 5.41) is 30.3. The van der Waals surface area contributed by atoms with Gasteiger partial charge in [-0.3, -0.25) is 4.79 Å². The smallest absolute Gasteiger partial charge is 0.243 e. The van der Waals surface area contributed by atoms with E-state index in [0.717, 1.165) is 27.5 Å². The number of rotatable bonds is 11. The molecular formula is C37H30N8O. The Morgan fingerprint density at radius 3 is 2.26 bits per heavy atom. The van der Waals surface area contributed by atoms with Crippen LogP contribution in [0.4, 0.5) is 11.8 Å². The molecule has 46 heavy (non-hydrogen) atoms. The number of nitrogens with one attached hydrogen (secondary N) is 3. The molecule has 224 valence electrons. The van der Waals surface area contributed by atoms with Crippen LogP contribution in [0.15, 0.2) is 122 Å². The number of nitrogens with zero attached hydrogens (tertiary/aromatic N) is 5. The van der Waals surface area contributed by atoms with Gasteiger partial charge in [0.05, 0.1) is 23.3 Å². The Labute approximate surface area is 266 Å². The average Bonchev–Trinajstić information content (AvgIpc) is 3.65. The summed E-state index contributed by atoms with van der Waals surface area (Å²) in [5.41, 5.74) is 3.95. The van der Waals surface area contributed by atoms with Crippen LogP contribution in [0.5, 0.6) is 0 Å². The highest BCUT2D eigenvalue weighted by atomic mass is 16.2. The van der Waals surface area contributed by atoms with Gasteiger partial charge in [-0.15, -0.1) is 0 Å². The summed E-state index contributed by atoms with van der Waals surface area (Å²) in [7, 11) is 0. The lowest BCUT2D eigenvalue weighted by Gasteiger charge is -2.21. The van der Waals surface area contributed by atoms with Crippen molar-refractivity contribution in [3.05, 3.63) is 149 Å². The van der Waals surface area contributed by atoms with Gasteiger partial charge in [-0.1, -0.05) is 66.7 Å². The standard InChI is InChI=1S/C37H30N8O/c38-22-26-10-12-27(13-11-26)24-40-36(46)33(20-28-14-15-31-8-1-2-9-32(31)19-28)42-34-21-35(45-16-3-4-17-45)44-37(43-34)41-25-30-7-5-6-29(18-30)23-39/h1-19,21,33H,20,24-25H2,(H,40,46)(H2,41,42,43,44)/t33-/m1/s1. The summed E-state index contributed by atoms with van der Waals surface area (Å²) in [4.78, 5) is 23.2. The maximum Gasteiger partial charge on any atom is 0.243 e. The number of amides is 1. The molecule has 2 aromatic heterocycles. The summed E-state index contributed by atoms with van der Waals surface area (Å²) in [6, 6.07) is 38.1. The molecule has 0 radical (unpaired) electrons. The lowest BCUT2D eigenvalue weighted by molar-refractivity contribution is -0.122. The predicted molar refractivity (Wildman–Crippen MR) is 178 cm³/mol. The van der Waals surface area contributed by atoms with Crippen LogP contribution in [0.3, 0.4) is 0 Å². The maximum atomic E-state index is 13.8. The summed E-state index contributed by atoms with van der Waals surface area (Å²) in [6.45, 7) is 0.725. The number of hydrogen-bond acceptors (Lipinski definition) is 7. The molecule has 0 unspecified atom stereocenters. The second-order valence-electron chi connectivity index (χ2n) is 10.8. The molecule has 1 amide bonds. The fourth-order valence-corrected chi connectivity index (χ4v) is 5.14. The molecule has 0 fully saturated rings. The molecule has 3 N–H and O–H groups in total. The second kappa shape index (κ2) is 13.9. The minimum absolute atomic E-state index is 0.193. The van der Waals surface area contributed by atoms with Gasteiger partial charge in [0.1, 0.15) is 17.7 Å². The molecule has 0 aliphatic rings. The van der Waals surface area contributed by atoms with Crippen molar-refractivity contribution in [2.24, 2.45) is 0 Å². The lowest BCUT2D eigenvalue weighted by Crippen LogP contribution is -2.41. The highest BCUT2D eigenvalue weighted by Crippen LogP contribution is 2.20. The topological polar surface area (TPSA) is 131 Å². The van der Waals surface area contributed by atoms with E-state index in [0.29, 0.717) is 48.2 Å². The third-order valence-corrected chi connectivity index (χ3v) is 7.53. The second-order valence-corrected chi connectivity index (χ2v) is 10.8. The van der Waals surface area contributed by atoms with Crippen molar-refractivity contribution < 1.29 is 4.79 Å². The quantitative estimate of drug-likeness (QED) is 0.163. The van der Waals surface area contributed by atoms with E-state index in [-0.39, 0.29) is 5.91 Å². The van der Waals surface area contributed by atoms with Crippen LogP contribution in [0, 0.1) is 22.7 Å². The van der Waals surface area contributed by atoms with E-state index in [9.17, 15) is 10.1 Å². The van der Waals surface area contributed by atoms with E-state index in [1.807, 2.05) is 83.7 Å². The maximum absolute atomic E-state index is 13.8. The molecule has 6 aromatic rings. The van der Waals surface area contributed by atoms with Gasteiger partial charge in [0.25, 0.3) is 0 Å². The lowest BCUT2D eigenvalue weighted by atomic mass is 10.0. The monoisotopic (exact) mass is 602 g/mol. The zero-order valence-electron chi connectivity index (χ0n) is 24.9. The summed E-state index contributed by atoms with van der Waals surface area (Å²) in [6.07, 6.45) is 4.20. The van der Waals surface area contributed by atoms with E-state index in [4.69, 9.17) is 15.2 Å². The Hall–Kier alpha value is -6.45. The van der Waals surface area contributed by atoms with Gasteiger partial charge in [-0.2, -0.15) is 20.5 Å². The molecule has 6 rings (SSSR count). The first-order chi connectivity index (χ1) is 22.6. The Morgan fingerprint density at radius 2 is 1.48 bits per heavy atom. The van der Waals surface area contributed by atoms with E-state index in [1.54, 1.807) is 18.2 Å². The average molecular weight is 603 g/mol. The minimum atomic E-state index is -0.660. The molecule has 0 saturated heterocycles. The zero-order chi connectivity index (χ0) is 31.7. The number of carbonyl (C=O) groups excluding carboxylic acids is 1. The molecule has 9 nitrogen and oxygen atoms in total. The SMILES string of the molecule is N#Cc1ccc(CNC(=O)[C@@H](Cc2ccc3ccccc3c2)Nc2cc(-n3cccc3)nc(NCc3cccc(C#N)c3)n2)cc1. The van der Waals surface area contributed by atoms with Crippen LogP contribution in [0.1, 0.15) is 27.8 Å². The molecule has 0 spiro atoms. The van der Waals surface area contributed by atoms with Crippen LogP contribution >= 0.6 is 0 Å². The first-order valence-electron chi connectivity index (χ1n) is 14.8. The molecule has 0 saturated carbocycles. The number of benzene rings is 4. The molecule has 2 heterocycles. The number of hydrogen-bond donors (Lipinski definition) is 3. The Balaban J connectivity index is 1.28. The van der Waals surface area contributed by atoms with Gasteiger partial charge in [-0.05, 0) is 63.9 Å². The van der Waals surface area contributed by atoms with Crippen LogP contribution in [-0.2, 0) is 24.3 Å². The van der Waals surface area contributed by atoms with Crippen molar-refractivity contribution >= 4 is 28.4 Å². The number of fused-ring (bicyclic) bond motifs is 1. The van der Waals surface area contributed by atoms with Crippen LogP contribution in [-0.4, -0.2) is 26.5 Å². The van der Waals surface area contributed by atoms with E-state index >= 15 is 0 Å². The van der Waals surface area contributed by atoms with Gasteiger partial charge in [0.2, 0.25) is 11.9 Å². The van der Waals surface area contributed by atoms with Gasteiger partial charge in [0, 0.05) is 38.0 Å². The van der Waals surface area contributed by atoms with Gasteiger partial charge in [0.15, 0.2) is 0 Å². The molecule has 9 heteroatoms. The fraction of sp³-hybridized carbons (Fsp3) is 0.108. The number of carbonyl (C=O) groups is 1. The van der Waals surface area contributed by atoms with Gasteiger partial charge in [-0.25, -0.2) is 0 Å². The number of anilines is 2. The van der Waals surface area contributed by atoms with Crippen molar-refractivity contribution in [1.82, 2.24) is 19.9 Å². The first kappa shape index (κ1) is 29.6. The molecule has 0 aliphatic carbocycles. The predicted octanol–water partition coefficient (Wildman–Crippen LogP) is 6.12. The van der Waals surface area contributed by atoms with Crippen molar-refractivity contribution in [2.45, 2.75) is 25.6 Å². The minimum Gasteiger partial charge on any atom is -0.358 e. The Morgan fingerprint density at radius 1 is 0.717 bits per heavy atom. The van der Waals surface area contributed by atoms with Crippen LogP contribution in [0.2, 0.25) is 0 Å². The summed E-state index contributed by atoms with van der Waals surface area (Å²) in [5.74, 6) is 1.28. The summed E-state index contributed by atoms with van der Waals surface area (Å²) >= 11 is 0. The number of nitriles is 2. The molecule has 4 aromatic carbocycles. The van der Waals surface area contributed by atoms with E-state index in [1.165, 1.54) is 0 Å². The first-order valence-corrected chi connectivity index (χ1v) is 14.8. The Kier molecular flexibility index (Phi) is 8.94. The highest BCUT2D eigenvalue weighted by Gasteiger charge is 2.21. The number of aromatic nitrogens is 3. The third-order valence-electron chi connectivity index (χ3n) is 7.53. The molecular weight excluding hydrogens is 572 g/mol. The van der Waals surface area contributed by atoms with Gasteiger partial charge < -0.3 is 20.5 Å². The zero-order valence-corrected chi connectivity index (χ0v) is 24.9. The molecule has 0 bridgehead atoms. The highest BCUT2D eigenvalue weighted by molar-refractivity contribution is 5.86. The van der Waals surface area contributed by atoms with Crippen molar-refractivity contribution in [2.75, 3.05) is 10.6 Å². The van der Waals surface area contributed by atoms with Gasteiger partial charge >= 0.3 is 0 Å². The normalized spacial score (nSPS) is 11.3. The summed E-state index contributed by atoms with van der Waals surface area (Å²) < 4.78 is 1.87. The largest absolute Gasteiger partial charge is 0.358 e. The van der Waals surface area contributed by atoms with Crippen LogP contribution in [0.25, 0.3) is 16.6 Å².